The van der Waals surface area contributed by atoms with Gasteiger partial charge in [0.25, 0.3) is 0 Å². The molecule has 12 heavy (non-hydrogen) atoms. The van der Waals surface area contributed by atoms with Crippen LogP contribution in [0.25, 0.3) is 0 Å². The Bertz CT molecular complexity index is 202. The van der Waals surface area contributed by atoms with Gasteiger partial charge in [0, 0.05) is 5.25 Å². The molecule has 0 saturated carbocycles. The summed E-state index contributed by atoms with van der Waals surface area (Å²) in [4.78, 5) is 3.92. The van der Waals surface area contributed by atoms with Crippen molar-refractivity contribution >= 4 is 11.8 Å². The lowest BCUT2D eigenvalue weighted by Crippen LogP contribution is -2.07. The van der Waals surface area contributed by atoms with Crippen LogP contribution in [-0.4, -0.2) is 21.9 Å². The molecule has 2 N–H and O–H groups in total. The van der Waals surface area contributed by atoms with Gasteiger partial charge in [0.2, 0.25) is 6.39 Å². The molecule has 0 aliphatic rings. The zero-order valence-electron chi connectivity index (χ0n) is 7.06. The first-order valence-corrected chi connectivity index (χ1v) is 4.94. The average Bonchev–Trinajstić information content (AvgIpc) is 2.53. The van der Waals surface area contributed by atoms with Crippen LogP contribution < -0.4 is 5.73 Å². The van der Waals surface area contributed by atoms with Crippen LogP contribution in [0.15, 0.2) is 10.9 Å². The van der Waals surface area contributed by atoms with Gasteiger partial charge < -0.3 is 10.3 Å². The van der Waals surface area contributed by atoms with E-state index in [1.165, 1.54) is 6.39 Å². The van der Waals surface area contributed by atoms with Gasteiger partial charge in [0.1, 0.15) is 0 Å². The highest BCUT2D eigenvalue weighted by Crippen LogP contribution is 2.16. The lowest BCUT2D eigenvalue weighted by Gasteiger charge is -2.06. The molecule has 1 rings (SSSR count). The maximum atomic E-state index is 5.42. The second-order valence-corrected chi connectivity index (χ2v) is 3.97. The van der Waals surface area contributed by atoms with Crippen LogP contribution in [0.3, 0.4) is 0 Å². The second kappa shape index (κ2) is 5.16. The number of aromatic nitrogens is 2. The van der Waals surface area contributed by atoms with Gasteiger partial charge >= 0.3 is 0 Å². The smallest absolute Gasteiger partial charge is 0.213 e. The molecule has 0 aliphatic heterocycles. The zero-order valence-corrected chi connectivity index (χ0v) is 7.88. The van der Waals surface area contributed by atoms with E-state index in [1.807, 2.05) is 0 Å². The first-order valence-electron chi connectivity index (χ1n) is 3.90. The van der Waals surface area contributed by atoms with Gasteiger partial charge in [-0.15, -0.1) is 0 Å². The quantitative estimate of drug-likeness (QED) is 0.746. The Morgan fingerprint density at radius 3 is 3.17 bits per heavy atom. The molecular weight excluding hydrogens is 174 g/mol. The van der Waals surface area contributed by atoms with Gasteiger partial charge in [-0.1, -0.05) is 12.1 Å². The van der Waals surface area contributed by atoms with E-state index in [2.05, 4.69) is 21.6 Å². The van der Waals surface area contributed by atoms with E-state index < -0.39 is 0 Å². The summed E-state index contributed by atoms with van der Waals surface area (Å²) in [5, 5.41) is 4.27. The number of hydrogen-bond donors (Lipinski definition) is 1. The summed E-state index contributed by atoms with van der Waals surface area (Å²) in [6.45, 7) is 2.89. The lowest BCUT2D eigenvalue weighted by atomic mass is 10.3. The van der Waals surface area contributed by atoms with Gasteiger partial charge in [0.15, 0.2) is 5.82 Å². The number of thioether (sulfide) groups is 1. The molecule has 1 aromatic heterocycles. The second-order valence-electron chi connectivity index (χ2n) is 2.55. The molecule has 0 spiro atoms. The first-order chi connectivity index (χ1) is 5.83. The Morgan fingerprint density at radius 1 is 1.75 bits per heavy atom. The number of nitrogens with two attached hydrogens (primary N) is 1. The zero-order chi connectivity index (χ0) is 8.81. The lowest BCUT2D eigenvalue weighted by molar-refractivity contribution is 0.412. The van der Waals surface area contributed by atoms with Crippen LogP contribution in [0.1, 0.15) is 19.2 Å². The van der Waals surface area contributed by atoms with Gasteiger partial charge in [0.05, 0.1) is 5.75 Å². The van der Waals surface area contributed by atoms with E-state index >= 15 is 0 Å². The average molecular weight is 187 g/mol. The fraction of sp³-hybridized carbons (Fsp3) is 0.714. The summed E-state index contributed by atoms with van der Waals surface area (Å²) in [6.07, 6.45) is 2.38. The van der Waals surface area contributed by atoms with Gasteiger partial charge in [-0.2, -0.15) is 16.7 Å². The standard InChI is InChI=1S/C7H13N3OS/c1-6(2-3-8)12-4-7-9-5-11-10-7/h5-6H,2-4,8H2,1H3. The van der Waals surface area contributed by atoms with Crippen LogP contribution in [0, 0.1) is 0 Å². The minimum Gasteiger partial charge on any atom is -0.343 e. The van der Waals surface area contributed by atoms with E-state index in [4.69, 9.17) is 5.73 Å². The number of hydrogen-bond acceptors (Lipinski definition) is 5. The molecular formula is C7H13N3OS. The molecule has 1 atom stereocenters. The monoisotopic (exact) mass is 187 g/mol. The molecule has 5 heteroatoms. The highest BCUT2D eigenvalue weighted by molar-refractivity contribution is 7.99. The summed E-state index contributed by atoms with van der Waals surface area (Å²) in [7, 11) is 0. The van der Waals surface area contributed by atoms with Crippen LogP contribution in [0.5, 0.6) is 0 Å². The van der Waals surface area contributed by atoms with Gasteiger partial charge in [-0.3, -0.25) is 0 Å². The third-order valence-corrected chi connectivity index (χ3v) is 2.71. The predicted molar refractivity (Wildman–Crippen MR) is 48.7 cm³/mol. The predicted octanol–water partition coefficient (Wildman–Crippen LogP) is 1.04. The fourth-order valence-electron chi connectivity index (χ4n) is 0.791. The van der Waals surface area contributed by atoms with E-state index in [1.54, 1.807) is 11.8 Å². The summed E-state index contributed by atoms with van der Waals surface area (Å²) in [5.41, 5.74) is 5.42. The SMILES string of the molecule is CC(CCN)SCc1ncon1. The largest absolute Gasteiger partial charge is 0.343 e. The molecule has 1 aromatic rings. The molecule has 0 aliphatic carbocycles. The van der Waals surface area contributed by atoms with Crippen molar-refractivity contribution in [2.24, 2.45) is 5.73 Å². The Morgan fingerprint density at radius 2 is 2.58 bits per heavy atom. The van der Waals surface area contributed by atoms with Crippen LogP contribution in [-0.2, 0) is 5.75 Å². The van der Waals surface area contributed by atoms with Crippen molar-refractivity contribution < 1.29 is 4.52 Å². The summed E-state index contributed by atoms with van der Waals surface area (Å²) in [5.74, 6) is 1.56. The molecule has 4 nitrogen and oxygen atoms in total. The van der Waals surface area contributed by atoms with Crippen LogP contribution in [0.4, 0.5) is 0 Å². The highest BCUT2D eigenvalue weighted by atomic mass is 32.2. The minimum atomic E-state index is 0.563. The topological polar surface area (TPSA) is 64.9 Å². The van der Waals surface area contributed by atoms with Crippen molar-refractivity contribution in [3.8, 4) is 0 Å². The summed E-state index contributed by atoms with van der Waals surface area (Å²) >= 11 is 1.79. The van der Waals surface area contributed by atoms with Crippen molar-refractivity contribution in [2.45, 2.75) is 24.3 Å². The van der Waals surface area contributed by atoms with Crippen molar-refractivity contribution in [1.82, 2.24) is 10.1 Å². The molecule has 0 saturated heterocycles. The van der Waals surface area contributed by atoms with Crippen molar-refractivity contribution in [1.29, 1.82) is 0 Å². The van der Waals surface area contributed by atoms with Crippen molar-refractivity contribution in [2.75, 3.05) is 6.54 Å². The highest BCUT2D eigenvalue weighted by Gasteiger charge is 2.04. The molecule has 1 heterocycles. The van der Waals surface area contributed by atoms with Gasteiger partial charge in [-0.05, 0) is 13.0 Å². The Kier molecular flexibility index (Phi) is 4.10. The maximum Gasteiger partial charge on any atom is 0.213 e. The molecule has 0 bridgehead atoms. The van der Waals surface area contributed by atoms with Crippen molar-refractivity contribution in [3.63, 3.8) is 0 Å². The fourth-order valence-corrected chi connectivity index (χ4v) is 1.65. The molecule has 0 radical (unpaired) electrons. The maximum absolute atomic E-state index is 5.42. The Balaban J connectivity index is 2.17. The van der Waals surface area contributed by atoms with Crippen LogP contribution in [0.2, 0.25) is 0 Å². The molecule has 1 unspecified atom stereocenters. The van der Waals surface area contributed by atoms with E-state index in [-0.39, 0.29) is 0 Å². The molecule has 68 valence electrons. The number of rotatable bonds is 5. The molecule has 0 fully saturated rings. The number of nitrogens with zero attached hydrogens (tertiary/aromatic N) is 2. The van der Waals surface area contributed by atoms with Crippen LogP contribution >= 0.6 is 11.8 Å². The molecule has 0 amide bonds. The minimum absolute atomic E-state index is 0.563. The summed E-state index contributed by atoms with van der Waals surface area (Å²) in [6, 6.07) is 0. The van der Waals surface area contributed by atoms with Crippen molar-refractivity contribution in [3.05, 3.63) is 12.2 Å². The molecule has 0 aromatic carbocycles. The third-order valence-electron chi connectivity index (χ3n) is 1.48. The van der Waals surface area contributed by atoms with E-state index in [0.717, 1.165) is 24.5 Å². The van der Waals surface area contributed by atoms with E-state index in [9.17, 15) is 0 Å². The third kappa shape index (κ3) is 3.23. The van der Waals surface area contributed by atoms with E-state index in [0.29, 0.717) is 5.25 Å². The Hall–Kier alpha value is -0.550. The van der Waals surface area contributed by atoms with Gasteiger partial charge in [-0.25, -0.2) is 0 Å². The Labute approximate surface area is 75.9 Å². The summed E-state index contributed by atoms with van der Waals surface area (Å²) < 4.78 is 4.61. The normalized spacial score (nSPS) is 13.2. The first kappa shape index (κ1) is 9.54.